The normalized spacial score (nSPS) is 11.3. The topological polar surface area (TPSA) is 72.6 Å². The highest BCUT2D eigenvalue weighted by atomic mass is 16.5. The van der Waals surface area contributed by atoms with E-state index in [9.17, 15) is 4.79 Å². The van der Waals surface area contributed by atoms with Crippen LogP contribution in [0, 0.1) is 29.6 Å². The van der Waals surface area contributed by atoms with Crippen molar-refractivity contribution in [3.8, 4) is 23.7 Å². The van der Waals surface area contributed by atoms with Crippen molar-refractivity contribution in [2.75, 3.05) is 19.8 Å². The van der Waals surface area contributed by atoms with Crippen LogP contribution in [0.1, 0.15) is 129 Å². The Morgan fingerprint density at radius 2 is 1.21 bits per heavy atom. The zero-order valence-corrected chi connectivity index (χ0v) is 21.5. The zero-order chi connectivity index (χ0) is 24.2. The standard InChI is InChI=1S/C29H51NO3/c1-2-3-4-5-6-7-8-9-10-11-12-13-14-15-16-17-18-19-20-21-22-23-28(29(30)32)24-26-33-27-25-31/h28,31H,2-12,17-27H2,1H3,(H2,30,32). The molecule has 0 fully saturated rings. The predicted octanol–water partition coefficient (Wildman–Crippen LogP) is 6.54. The van der Waals surface area contributed by atoms with Crippen LogP contribution in [0.4, 0.5) is 0 Å². The molecule has 4 heteroatoms. The van der Waals surface area contributed by atoms with Crippen LogP contribution >= 0.6 is 0 Å². The molecule has 0 radical (unpaired) electrons. The van der Waals surface area contributed by atoms with Crippen LogP contribution in [0.3, 0.4) is 0 Å². The minimum Gasteiger partial charge on any atom is -0.394 e. The van der Waals surface area contributed by atoms with Crippen LogP contribution in [-0.2, 0) is 9.53 Å². The minimum absolute atomic E-state index is 0.0115. The van der Waals surface area contributed by atoms with Gasteiger partial charge in [-0.25, -0.2) is 0 Å². The van der Waals surface area contributed by atoms with Crippen LogP contribution in [-0.4, -0.2) is 30.8 Å². The third-order valence-electron chi connectivity index (χ3n) is 6.00. The Morgan fingerprint density at radius 1 is 0.727 bits per heavy atom. The molecule has 1 amide bonds. The van der Waals surface area contributed by atoms with Crippen molar-refractivity contribution >= 4 is 5.91 Å². The Labute approximate surface area is 204 Å². The lowest BCUT2D eigenvalue weighted by Crippen LogP contribution is -2.24. The summed E-state index contributed by atoms with van der Waals surface area (Å²) in [5.74, 6) is 12.0. The summed E-state index contributed by atoms with van der Waals surface area (Å²) in [6.07, 6.45) is 22.5. The van der Waals surface area contributed by atoms with Crippen molar-refractivity contribution in [3.63, 3.8) is 0 Å². The van der Waals surface area contributed by atoms with E-state index >= 15 is 0 Å². The lowest BCUT2D eigenvalue weighted by molar-refractivity contribution is -0.122. The maximum atomic E-state index is 11.5. The molecular weight excluding hydrogens is 410 g/mol. The van der Waals surface area contributed by atoms with E-state index in [2.05, 4.69) is 30.6 Å². The van der Waals surface area contributed by atoms with Crippen molar-refractivity contribution in [2.24, 2.45) is 11.7 Å². The Morgan fingerprint density at radius 3 is 1.70 bits per heavy atom. The highest BCUT2D eigenvalue weighted by Gasteiger charge is 2.14. The lowest BCUT2D eigenvalue weighted by atomic mass is 9.97. The number of rotatable bonds is 23. The SMILES string of the molecule is CCCCCCCCCCCCC#CC#CCCCCCCCC(CCOCCO)C(N)=O. The van der Waals surface area contributed by atoms with Gasteiger partial charge in [0.25, 0.3) is 0 Å². The van der Waals surface area contributed by atoms with Gasteiger partial charge in [0, 0.05) is 25.4 Å². The molecule has 0 aliphatic heterocycles. The largest absolute Gasteiger partial charge is 0.394 e. The fraction of sp³-hybridized carbons (Fsp3) is 0.828. The minimum atomic E-state index is -0.243. The summed E-state index contributed by atoms with van der Waals surface area (Å²) in [6, 6.07) is 0. The fourth-order valence-electron chi connectivity index (χ4n) is 3.87. The molecule has 3 N–H and O–H groups in total. The molecule has 0 saturated carbocycles. The van der Waals surface area contributed by atoms with E-state index in [4.69, 9.17) is 15.6 Å². The molecular formula is C29H51NO3. The van der Waals surface area contributed by atoms with Gasteiger partial charge in [0.15, 0.2) is 0 Å². The maximum absolute atomic E-state index is 11.5. The van der Waals surface area contributed by atoms with Gasteiger partial charge < -0.3 is 15.6 Å². The third kappa shape index (κ3) is 25.0. The van der Waals surface area contributed by atoms with Crippen molar-refractivity contribution in [2.45, 2.75) is 129 Å². The van der Waals surface area contributed by atoms with Gasteiger partial charge in [0.05, 0.1) is 13.2 Å². The van der Waals surface area contributed by atoms with Crippen molar-refractivity contribution in [3.05, 3.63) is 0 Å². The van der Waals surface area contributed by atoms with E-state index in [1.165, 1.54) is 77.0 Å². The summed E-state index contributed by atoms with van der Waals surface area (Å²) in [7, 11) is 0. The Kier molecular flexibility index (Phi) is 25.6. The van der Waals surface area contributed by atoms with Crippen LogP contribution in [0.5, 0.6) is 0 Å². The van der Waals surface area contributed by atoms with Gasteiger partial charge in [0.1, 0.15) is 0 Å². The summed E-state index contributed by atoms with van der Waals surface area (Å²) >= 11 is 0. The molecule has 190 valence electrons. The second-order valence-electron chi connectivity index (χ2n) is 9.07. The number of nitrogens with two attached hydrogens (primary N) is 1. The first-order valence-electron chi connectivity index (χ1n) is 13.7. The highest BCUT2D eigenvalue weighted by molar-refractivity contribution is 5.76. The van der Waals surface area contributed by atoms with Crippen molar-refractivity contribution < 1.29 is 14.6 Å². The molecule has 0 saturated heterocycles. The van der Waals surface area contributed by atoms with Gasteiger partial charge >= 0.3 is 0 Å². The molecule has 0 heterocycles. The number of unbranched alkanes of at least 4 members (excludes halogenated alkanes) is 15. The first-order chi connectivity index (χ1) is 16.2. The lowest BCUT2D eigenvalue weighted by Gasteiger charge is -2.13. The first kappa shape index (κ1) is 31.5. The Bertz CT molecular complexity index is 553. The zero-order valence-electron chi connectivity index (χ0n) is 21.5. The monoisotopic (exact) mass is 461 g/mol. The summed E-state index contributed by atoms with van der Waals surface area (Å²) in [6.45, 7) is 3.08. The number of ether oxygens (including phenoxy) is 1. The summed E-state index contributed by atoms with van der Waals surface area (Å²) < 4.78 is 5.23. The van der Waals surface area contributed by atoms with E-state index < -0.39 is 0 Å². The molecule has 0 rings (SSSR count). The van der Waals surface area contributed by atoms with Crippen molar-refractivity contribution in [1.29, 1.82) is 0 Å². The van der Waals surface area contributed by atoms with Gasteiger partial charge in [-0.05, 0) is 37.5 Å². The summed E-state index contributed by atoms with van der Waals surface area (Å²) in [5, 5.41) is 8.70. The van der Waals surface area contributed by atoms with Gasteiger partial charge in [-0.15, -0.1) is 0 Å². The summed E-state index contributed by atoms with van der Waals surface area (Å²) in [4.78, 5) is 11.5. The maximum Gasteiger partial charge on any atom is 0.220 e. The average molecular weight is 462 g/mol. The van der Waals surface area contributed by atoms with E-state index in [0.29, 0.717) is 19.6 Å². The smallest absolute Gasteiger partial charge is 0.220 e. The number of carbonyl (C=O) groups excluding carboxylic acids is 1. The highest BCUT2D eigenvalue weighted by Crippen LogP contribution is 2.15. The number of carbonyl (C=O) groups is 1. The van der Waals surface area contributed by atoms with Gasteiger partial charge in [0.2, 0.25) is 5.91 Å². The second kappa shape index (κ2) is 26.8. The molecule has 0 aliphatic rings. The number of aliphatic hydroxyl groups excluding tert-OH is 1. The molecule has 0 aromatic carbocycles. The predicted molar refractivity (Wildman–Crippen MR) is 140 cm³/mol. The van der Waals surface area contributed by atoms with Crippen LogP contribution < -0.4 is 5.73 Å². The number of amides is 1. The molecule has 0 bridgehead atoms. The summed E-state index contributed by atoms with van der Waals surface area (Å²) in [5.41, 5.74) is 5.47. The molecule has 0 aliphatic carbocycles. The van der Waals surface area contributed by atoms with E-state index in [1.54, 1.807) is 0 Å². The third-order valence-corrected chi connectivity index (χ3v) is 6.00. The van der Waals surface area contributed by atoms with E-state index in [0.717, 1.165) is 38.5 Å². The van der Waals surface area contributed by atoms with Gasteiger partial charge in [-0.3, -0.25) is 4.79 Å². The van der Waals surface area contributed by atoms with Gasteiger partial charge in [-0.1, -0.05) is 102 Å². The number of aliphatic hydroxyl groups is 1. The fourth-order valence-corrected chi connectivity index (χ4v) is 3.87. The van der Waals surface area contributed by atoms with E-state index in [-0.39, 0.29) is 18.4 Å². The first-order valence-corrected chi connectivity index (χ1v) is 13.7. The number of hydrogen-bond acceptors (Lipinski definition) is 3. The molecule has 1 atom stereocenters. The molecule has 0 aromatic heterocycles. The van der Waals surface area contributed by atoms with Crippen molar-refractivity contribution in [1.82, 2.24) is 0 Å². The molecule has 0 spiro atoms. The Balaban J connectivity index is 3.47. The van der Waals surface area contributed by atoms with E-state index in [1.807, 2.05) is 0 Å². The number of hydrogen-bond donors (Lipinski definition) is 2. The van der Waals surface area contributed by atoms with Crippen LogP contribution in [0.15, 0.2) is 0 Å². The quantitative estimate of drug-likeness (QED) is 0.134. The molecule has 0 aromatic rings. The van der Waals surface area contributed by atoms with Gasteiger partial charge in [-0.2, -0.15) is 0 Å². The average Bonchev–Trinajstić information content (AvgIpc) is 2.81. The second-order valence-corrected chi connectivity index (χ2v) is 9.07. The number of primary amides is 1. The molecule has 33 heavy (non-hydrogen) atoms. The Hall–Kier alpha value is -1.49. The molecule has 1 unspecified atom stereocenters. The van der Waals surface area contributed by atoms with Crippen LogP contribution in [0.2, 0.25) is 0 Å². The van der Waals surface area contributed by atoms with Crippen LogP contribution in [0.25, 0.3) is 0 Å². The molecule has 4 nitrogen and oxygen atoms in total.